The maximum absolute atomic E-state index is 11.9. The molecule has 0 aromatic heterocycles. The molecule has 25 heavy (non-hydrogen) atoms. The van der Waals surface area contributed by atoms with Crippen molar-refractivity contribution >= 4 is 11.6 Å². The fourth-order valence-corrected chi connectivity index (χ4v) is 3.52. The normalized spacial score (nSPS) is 21.3. The second-order valence-corrected chi connectivity index (χ2v) is 6.65. The van der Waals surface area contributed by atoms with Crippen LogP contribution >= 0.6 is 0 Å². The van der Waals surface area contributed by atoms with Crippen LogP contribution in [-0.2, 0) is 9.53 Å². The van der Waals surface area contributed by atoms with Gasteiger partial charge in [0.25, 0.3) is 0 Å². The number of carbonyl (C=O) groups is 1. The summed E-state index contributed by atoms with van der Waals surface area (Å²) in [7, 11) is 1.72. The number of amides is 1. The van der Waals surface area contributed by atoms with Gasteiger partial charge in [0.05, 0.1) is 12.8 Å². The Morgan fingerprint density at radius 3 is 2.80 bits per heavy atom. The Morgan fingerprint density at radius 1 is 1.28 bits per heavy atom. The zero-order valence-corrected chi connectivity index (χ0v) is 15.1. The predicted molar refractivity (Wildman–Crippen MR) is 98.2 cm³/mol. The molecule has 1 amide bonds. The van der Waals surface area contributed by atoms with Crippen LogP contribution in [0.3, 0.4) is 0 Å². The van der Waals surface area contributed by atoms with Crippen LogP contribution in [0.15, 0.2) is 24.3 Å². The summed E-state index contributed by atoms with van der Waals surface area (Å²) < 4.78 is 10.9. The second-order valence-electron chi connectivity index (χ2n) is 6.65. The van der Waals surface area contributed by atoms with Gasteiger partial charge < -0.3 is 19.7 Å². The largest absolute Gasteiger partial charge is 0.495 e. The molecule has 1 aromatic rings. The number of piperazine rings is 1. The van der Waals surface area contributed by atoms with Gasteiger partial charge in [-0.3, -0.25) is 9.69 Å². The van der Waals surface area contributed by atoms with Gasteiger partial charge in [0, 0.05) is 39.3 Å². The van der Waals surface area contributed by atoms with Crippen LogP contribution in [0.2, 0.25) is 0 Å². The van der Waals surface area contributed by atoms with Crippen LogP contribution in [0, 0.1) is 0 Å². The van der Waals surface area contributed by atoms with Crippen molar-refractivity contribution in [1.29, 1.82) is 0 Å². The average molecular weight is 347 g/mol. The van der Waals surface area contributed by atoms with Gasteiger partial charge in [-0.25, -0.2) is 0 Å². The highest BCUT2D eigenvalue weighted by atomic mass is 16.5. The van der Waals surface area contributed by atoms with E-state index >= 15 is 0 Å². The molecule has 2 aliphatic rings. The van der Waals surface area contributed by atoms with Gasteiger partial charge in [0.1, 0.15) is 11.9 Å². The number of hydrogen-bond donors (Lipinski definition) is 1. The standard InChI is InChI=1S/C19H29N3O3/c1-24-17-7-3-2-6-16(17)22-13-11-21(12-14-22)10-5-9-20-19(23)18-8-4-15-25-18/h2-3,6-7,18H,4-5,8-15H2,1H3,(H,20,23). The third-order valence-corrected chi connectivity index (χ3v) is 4.97. The highest BCUT2D eigenvalue weighted by molar-refractivity contribution is 5.80. The molecule has 1 unspecified atom stereocenters. The lowest BCUT2D eigenvalue weighted by atomic mass is 10.2. The van der Waals surface area contributed by atoms with E-state index in [1.54, 1.807) is 7.11 Å². The molecule has 1 atom stereocenters. The van der Waals surface area contributed by atoms with Crippen LogP contribution in [-0.4, -0.2) is 69.9 Å². The Hall–Kier alpha value is -1.79. The van der Waals surface area contributed by atoms with Crippen LogP contribution in [0.4, 0.5) is 5.69 Å². The summed E-state index contributed by atoms with van der Waals surface area (Å²) >= 11 is 0. The summed E-state index contributed by atoms with van der Waals surface area (Å²) in [5.74, 6) is 0.992. The van der Waals surface area contributed by atoms with E-state index in [4.69, 9.17) is 9.47 Å². The molecule has 0 bridgehead atoms. The monoisotopic (exact) mass is 347 g/mol. The van der Waals surface area contributed by atoms with Crippen LogP contribution in [0.5, 0.6) is 5.75 Å². The molecule has 1 aromatic carbocycles. The number of nitrogens with zero attached hydrogens (tertiary/aromatic N) is 2. The Bertz CT molecular complexity index is 553. The molecule has 138 valence electrons. The molecule has 6 heteroatoms. The average Bonchev–Trinajstić information content (AvgIpc) is 3.20. The first kappa shape index (κ1) is 18.0. The lowest BCUT2D eigenvalue weighted by Crippen LogP contribution is -2.47. The number of carbonyl (C=O) groups excluding carboxylic acids is 1. The second kappa shape index (κ2) is 9.06. The zero-order chi connectivity index (χ0) is 17.5. The van der Waals surface area contributed by atoms with E-state index in [-0.39, 0.29) is 12.0 Å². The molecule has 6 nitrogen and oxygen atoms in total. The van der Waals surface area contributed by atoms with E-state index in [0.29, 0.717) is 6.61 Å². The molecule has 0 aliphatic carbocycles. The SMILES string of the molecule is COc1ccccc1N1CCN(CCCNC(=O)C2CCCO2)CC1. The van der Waals surface area contributed by atoms with Crippen molar-refractivity contribution < 1.29 is 14.3 Å². The maximum Gasteiger partial charge on any atom is 0.249 e. The van der Waals surface area contributed by atoms with Gasteiger partial charge in [0.15, 0.2) is 0 Å². The number of rotatable bonds is 7. The molecule has 2 aliphatic heterocycles. The van der Waals surface area contributed by atoms with Crippen molar-refractivity contribution in [3.05, 3.63) is 24.3 Å². The molecule has 0 spiro atoms. The van der Waals surface area contributed by atoms with Gasteiger partial charge in [-0.05, 0) is 37.9 Å². The molecule has 2 saturated heterocycles. The van der Waals surface area contributed by atoms with Crippen LogP contribution < -0.4 is 15.0 Å². The third kappa shape index (κ3) is 4.86. The number of benzene rings is 1. The Morgan fingerprint density at radius 2 is 2.08 bits per heavy atom. The molecular formula is C19H29N3O3. The summed E-state index contributed by atoms with van der Waals surface area (Å²) in [5, 5.41) is 3.00. The minimum Gasteiger partial charge on any atom is -0.495 e. The molecule has 2 heterocycles. The number of para-hydroxylation sites is 2. The predicted octanol–water partition coefficient (Wildman–Crippen LogP) is 1.50. The minimum atomic E-state index is -0.218. The quantitative estimate of drug-likeness (QED) is 0.758. The summed E-state index contributed by atoms with van der Waals surface area (Å²) in [6.07, 6.45) is 2.61. The molecule has 1 N–H and O–H groups in total. The van der Waals surface area contributed by atoms with Crippen molar-refractivity contribution in [2.45, 2.75) is 25.4 Å². The van der Waals surface area contributed by atoms with E-state index < -0.39 is 0 Å². The van der Waals surface area contributed by atoms with E-state index in [1.807, 2.05) is 12.1 Å². The fraction of sp³-hybridized carbons (Fsp3) is 0.632. The summed E-state index contributed by atoms with van der Waals surface area (Å²) in [5.41, 5.74) is 1.17. The minimum absolute atomic E-state index is 0.0542. The van der Waals surface area contributed by atoms with E-state index in [9.17, 15) is 4.79 Å². The maximum atomic E-state index is 11.9. The molecule has 2 fully saturated rings. The van der Waals surface area contributed by atoms with Gasteiger partial charge in [0.2, 0.25) is 5.91 Å². The fourth-order valence-electron chi connectivity index (χ4n) is 3.52. The lowest BCUT2D eigenvalue weighted by molar-refractivity contribution is -0.130. The van der Waals surface area contributed by atoms with Crippen LogP contribution in [0.1, 0.15) is 19.3 Å². The van der Waals surface area contributed by atoms with Crippen molar-refractivity contribution in [3.8, 4) is 5.75 Å². The molecule has 3 rings (SSSR count). The van der Waals surface area contributed by atoms with Crippen molar-refractivity contribution in [3.63, 3.8) is 0 Å². The highest BCUT2D eigenvalue weighted by Gasteiger charge is 2.23. The van der Waals surface area contributed by atoms with Crippen molar-refractivity contribution in [2.24, 2.45) is 0 Å². The summed E-state index contributed by atoms with van der Waals surface area (Å²) in [4.78, 5) is 16.7. The van der Waals surface area contributed by atoms with Gasteiger partial charge in [-0.2, -0.15) is 0 Å². The Labute approximate surface area is 150 Å². The molecule has 0 saturated carbocycles. The lowest BCUT2D eigenvalue weighted by Gasteiger charge is -2.36. The number of methoxy groups -OCH3 is 1. The van der Waals surface area contributed by atoms with E-state index in [0.717, 1.165) is 64.3 Å². The number of ether oxygens (including phenoxy) is 2. The number of anilines is 1. The Kier molecular flexibility index (Phi) is 6.53. The first-order valence-corrected chi connectivity index (χ1v) is 9.27. The van der Waals surface area contributed by atoms with Crippen LogP contribution in [0.25, 0.3) is 0 Å². The smallest absolute Gasteiger partial charge is 0.249 e. The molecule has 0 radical (unpaired) electrons. The first-order chi connectivity index (χ1) is 12.3. The van der Waals surface area contributed by atoms with E-state index in [1.165, 1.54) is 5.69 Å². The van der Waals surface area contributed by atoms with E-state index in [2.05, 4.69) is 27.2 Å². The van der Waals surface area contributed by atoms with Gasteiger partial charge >= 0.3 is 0 Å². The third-order valence-electron chi connectivity index (χ3n) is 4.97. The number of nitrogens with one attached hydrogen (secondary N) is 1. The van der Waals surface area contributed by atoms with Gasteiger partial charge in [-0.1, -0.05) is 12.1 Å². The molecular weight excluding hydrogens is 318 g/mol. The number of hydrogen-bond acceptors (Lipinski definition) is 5. The first-order valence-electron chi connectivity index (χ1n) is 9.27. The van der Waals surface area contributed by atoms with Crippen molar-refractivity contribution in [2.75, 3.05) is 57.9 Å². The topological polar surface area (TPSA) is 54.0 Å². The van der Waals surface area contributed by atoms with Crippen molar-refractivity contribution in [1.82, 2.24) is 10.2 Å². The summed E-state index contributed by atoms with van der Waals surface area (Å²) in [6, 6.07) is 8.19. The zero-order valence-electron chi connectivity index (χ0n) is 15.1. The summed E-state index contributed by atoms with van der Waals surface area (Å²) in [6.45, 7) is 6.55. The highest BCUT2D eigenvalue weighted by Crippen LogP contribution is 2.28. The van der Waals surface area contributed by atoms with Gasteiger partial charge in [-0.15, -0.1) is 0 Å². The Balaban J connectivity index is 1.34.